The normalized spacial score (nSPS) is 15.2. The molecule has 1 aromatic carbocycles. The first-order valence-electron chi connectivity index (χ1n) is 28.9. The number of H-pyrrole nitrogens is 1. The molecule has 480 valence electrons. The molecule has 0 saturated heterocycles. The van der Waals surface area contributed by atoms with E-state index in [1.165, 1.54) is 12.5 Å². The number of hydrogen-bond donors (Lipinski definition) is 16. The summed E-state index contributed by atoms with van der Waals surface area (Å²) in [5, 5.41) is 53.4. The summed E-state index contributed by atoms with van der Waals surface area (Å²) >= 11 is 0. The van der Waals surface area contributed by atoms with Crippen LogP contribution < -0.4 is 65.1 Å². The molecule has 0 aliphatic carbocycles. The number of carboxylic acids is 2. The van der Waals surface area contributed by atoms with E-state index in [-0.39, 0.29) is 75.2 Å². The fourth-order valence-electron chi connectivity index (χ4n) is 8.88. The van der Waals surface area contributed by atoms with Gasteiger partial charge in [-0.2, -0.15) is 0 Å². The van der Waals surface area contributed by atoms with Crippen molar-refractivity contribution in [3.05, 3.63) is 54.1 Å². The van der Waals surface area contributed by atoms with E-state index in [1.54, 1.807) is 99.6 Å². The van der Waals surface area contributed by atoms with Crippen molar-refractivity contribution < 1.29 is 68.1 Å². The summed E-state index contributed by atoms with van der Waals surface area (Å²) in [4.78, 5) is 160. The van der Waals surface area contributed by atoms with E-state index in [4.69, 9.17) is 17.2 Å². The number of carbonyl (C=O) groups is 11. The minimum atomic E-state index is -1.84. The smallest absolute Gasteiger partial charge is 0.326 e. The lowest BCUT2D eigenvalue weighted by atomic mass is 9.97. The predicted octanol–water partition coefficient (Wildman–Crippen LogP) is -1.67. The van der Waals surface area contributed by atoms with Crippen LogP contribution in [-0.2, 0) is 65.6 Å². The van der Waals surface area contributed by atoms with E-state index in [1.807, 2.05) is 0 Å². The van der Waals surface area contributed by atoms with Crippen molar-refractivity contribution in [1.29, 1.82) is 0 Å². The summed E-state index contributed by atoms with van der Waals surface area (Å²) in [6.07, 6.45) is 0.323. The molecule has 29 heteroatoms. The Bertz CT molecular complexity index is 2590. The number of guanidine groups is 1. The largest absolute Gasteiger partial charge is 0.481 e. The minimum Gasteiger partial charge on any atom is -0.481 e. The highest BCUT2D eigenvalue weighted by Crippen LogP contribution is 2.15. The zero-order valence-corrected chi connectivity index (χ0v) is 51.1. The Labute approximate surface area is 501 Å². The first-order chi connectivity index (χ1) is 40.2. The lowest BCUT2D eigenvalue weighted by molar-refractivity contribution is -0.142. The summed E-state index contributed by atoms with van der Waals surface area (Å²) in [6, 6.07) is -5.23. The molecule has 0 aliphatic rings. The number of hydrogen-bond acceptors (Lipinski definition) is 15. The second-order valence-corrected chi connectivity index (χ2v) is 23.4. The lowest BCUT2D eigenvalue weighted by Crippen LogP contribution is -2.63. The third-order valence-corrected chi connectivity index (χ3v) is 13.4. The number of aromatic amines is 1. The van der Waals surface area contributed by atoms with Crippen molar-refractivity contribution in [1.82, 2.24) is 57.8 Å². The molecule has 9 amide bonds. The molecule has 0 radical (unpaired) electrons. The van der Waals surface area contributed by atoms with E-state index in [0.717, 1.165) is 12.5 Å². The van der Waals surface area contributed by atoms with Gasteiger partial charge in [0.05, 0.1) is 24.9 Å². The number of amides is 9. The van der Waals surface area contributed by atoms with Crippen molar-refractivity contribution in [3.8, 4) is 0 Å². The maximum Gasteiger partial charge on any atom is 0.326 e. The Kier molecular flexibility index (Phi) is 31.4. The number of imidazole rings is 1. The second-order valence-electron chi connectivity index (χ2n) is 23.4. The van der Waals surface area contributed by atoms with Crippen LogP contribution in [0, 0.1) is 29.6 Å². The van der Waals surface area contributed by atoms with Gasteiger partial charge >= 0.3 is 11.9 Å². The lowest BCUT2D eigenvalue weighted by Gasteiger charge is -2.31. The molecule has 1 aromatic heterocycles. The minimum absolute atomic E-state index is 0.0400. The Morgan fingerprint density at radius 3 is 1.37 bits per heavy atom. The Hall–Kier alpha value is -8.21. The Morgan fingerprint density at radius 2 is 0.930 bits per heavy atom. The highest BCUT2D eigenvalue weighted by Gasteiger charge is 2.38. The molecule has 1 heterocycles. The maximum atomic E-state index is 14.2. The molecule has 0 bridgehead atoms. The molecule has 0 spiro atoms. The molecule has 86 heavy (non-hydrogen) atoms. The van der Waals surface area contributed by atoms with Crippen LogP contribution in [0.2, 0.25) is 0 Å². The fraction of sp³-hybridized carbons (Fsp3) is 0.632. The van der Waals surface area contributed by atoms with Crippen molar-refractivity contribution in [2.24, 2.45) is 51.8 Å². The highest BCUT2D eigenvalue weighted by molar-refractivity contribution is 5.99. The molecule has 2 rings (SSSR count). The number of aliphatic carboxylic acids is 2. The van der Waals surface area contributed by atoms with Crippen LogP contribution >= 0.6 is 0 Å². The third kappa shape index (κ3) is 26.8. The molecule has 0 fully saturated rings. The third-order valence-electron chi connectivity index (χ3n) is 13.4. The van der Waals surface area contributed by atoms with Crippen molar-refractivity contribution >= 4 is 71.1 Å². The average Bonchev–Trinajstić information content (AvgIpc) is 2.90. The number of aromatic nitrogens is 2. The Morgan fingerprint density at radius 1 is 0.523 bits per heavy atom. The van der Waals surface area contributed by atoms with Crippen LogP contribution in [0.5, 0.6) is 0 Å². The molecule has 2 aromatic rings. The van der Waals surface area contributed by atoms with E-state index in [9.17, 15) is 68.1 Å². The van der Waals surface area contributed by atoms with Crippen molar-refractivity contribution in [2.75, 3.05) is 6.54 Å². The van der Waals surface area contributed by atoms with Gasteiger partial charge in [-0.3, -0.25) is 52.9 Å². The number of carbonyl (C=O) groups excluding carboxylic acids is 9. The average molecular weight is 1210 g/mol. The molecule has 29 nitrogen and oxygen atoms in total. The number of aliphatic hydroxyl groups is 1. The van der Waals surface area contributed by atoms with Gasteiger partial charge in [0.1, 0.15) is 54.4 Å². The van der Waals surface area contributed by atoms with Gasteiger partial charge in [-0.1, -0.05) is 99.6 Å². The summed E-state index contributed by atoms with van der Waals surface area (Å²) in [5.41, 5.74) is 18.1. The topological polar surface area (TPSA) is 476 Å². The number of rotatable bonds is 38. The van der Waals surface area contributed by atoms with E-state index < -0.39 is 150 Å². The van der Waals surface area contributed by atoms with E-state index >= 15 is 0 Å². The van der Waals surface area contributed by atoms with Crippen molar-refractivity contribution in [3.63, 3.8) is 0 Å². The number of aliphatic hydroxyl groups excluding tert-OH is 1. The summed E-state index contributed by atoms with van der Waals surface area (Å²) in [5.74, 6) is -13.0. The van der Waals surface area contributed by atoms with Crippen LogP contribution in [0.4, 0.5) is 0 Å². The van der Waals surface area contributed by atoms with Crippen LogP contribution in [0.3, 0.4) is 0 Å². The fourth-order valence-corrected chi connectivity index (χ4v) is 8.88. The highest BCUT2D eigenvalue weighted by atomic mass is 16.4. The van der Waals surface area contributed by atoms with Crippen LogP contribution in [-0.4, -0.2) is 169 Å². The van der Waals surface area contributed by atoms with Gasteiger partial charge < -0.3 is 85.4 Å². The molecular weight excluding hydrogens is 1120 g/mol. The number of nitrogens with zero attached hydrogens (tertiary/aromatic N) is 2. The summed E-state index contributed by atoms with van der Waals surface area (Å²) in [6.45, 7) is 18.3. The number of carboxylic acid groups (broad SMARTS) is 2. The van der Waals surface area contributed by atoms with Gasteiger partial charge in [0.25, 0.3) is 0 Å². The standard InChI is InChI=1S/C57H93N15O14/c1-28(2)20-38(65-47(76)36(58)23-34-16-13-12-14-17-34)48(77)67-42(25-43(74)75)52(81)72-46(33(11)73)55(84)69-40(22-30(5)6)51(80)70-45(32(9)10)54(83)71-44(31(7)8)53(82)68-39(21-29(3)4)49(78)66-41(24-35-26-61-27-63-35)50(79)64-37(56(85)86)18-15-19-62-57(59)60/h12-14,16-17,26-33,36-42,44-46,73H,15,18-25,58H2,1-11H3,(H,61,63)(H,64,79)(H,65,76)(H,66,78)(H,67,77)(H,68,82)(H,69,84)(H,70,80)(H,71,83)(H,72,81)(H,74,75)(H,85,86)(H4,59,60,62)/t33-,36+,37+,38+,39+,40+,41+,42+,44+,45+,46+/m1/s1. The number of benzene rings is 1. The molecule has 0 aliphatic heterocycles. The quantitative estimate of drug-likeness (QED) is 0.0203. The Balaban J connectivity index is 2.33. The van der Waals surface area contributed by atoms with Crippen LogP contribution in [0.15, 0.2) is 47.8 Å². The SMILES string of the molecule is CC(C)C[C@H](NC(=O)[C@@H](NC(=O)[C@@H](NC(=O)[C@H](CC(C)C)NC(=O)[C@@H](NC(=O)[C@H](CC(=O)O)NC(=O)[C@H](CC(C)C)NC(=O)[C@@H](N)Cc1ccccc1)[C@@H](C)O)C(C)C)C(C)C)C(=O)N[C@@H](Cc1cnc[nH]1)C(=O)N[C@@H](CCCN=C(N)N)C(=O)O. The molecule has 0 saturated carbocycles. The van der Waals surface area contributed by atoms with Gasteiger partial charge in [0.2, 0.25) is 53.2 Å². The van der Waals surface area contributed by atoms with Gasteiger partial charge in [-0.05, 0) is 80.6 Å². The summed E-state index contributed by atoms with van der Waals surface area (Å²) < 4.78 is 0. The first-order valence-corrected chi connectivity index (χ1v) is 28.9. The maximum absolute atomic E-state index is 14.2. The summed E-state index contributed by atoms with van der Waals surface area (Å²) in [7, 11) is 0. The van der Waals surface area contributed by atoms with Crippen LogP contribution in [0.25, 0.3) is 0 Å². The van der Waals surface area contributed by atoms with Crippen LogP contribution in [0.1, 0.15) is 126 Å². The van der Waals surface area contributed by atoms with Gasteiger partial charge in [-0.25, -0.2) is 9.78 Å². The number of nitrogens with two attached hydrogens (primary N) is 3. The monoisotopic (exact) mass is 1210 g/mol. The van der Waals surface area contributed by atoms with E-state index in [2.05, 4.69) is 62.8 Å². The van der Waals surface area contributed by atoms with Crippen molar-refractivity contribution in [2.45, 2.75) is 194 Å². The molecule has 19 N–H and O–H groups in total. The number of nitrogens with one attached hydrogen (secondary N) is 10. The zero-order chi connectivity index (χ0) is 65.1. The molecule has 0 unspecified atom stereocenters. The van der Waals surface area contributed by atoms with Gasteiger partial charge in [-0.15, -0.1) is 0 Å². The molecular formula is C57H93N15O14. The van der Waals surface area contributed by atoms with E-state index in [0.29, 0.717) is 5.69 Å². The second kappa shape index (κ2) is 36.6. The van der Waals surface area contributed by atoms with Gasteiger partial charge in [0.15, 0.2) is 5.96 Å². The molecule has 11 atom stereocenters. The predicted molar refractivity (Wildman–Crippen MR) is 317 cm³/mol. The van der Waals surface area contributed by atoms with Gasteiger partial charge in [0, 0.05) is 24.9 Å². The number of aliphatic imine (C=N–C) groups is 1. The first kappa shape index (κ1) is 73.9. The zero-order valence-electron chi connectivity index (χ0n) is 51.1.